The average Bonchev–Trinajstić information content (AvgIpc) is 3.07. The lowest BCUT2D eigenvalue weighted by Gasteiger charge is -2.13. The Balaban J connectivity index is 1.61. The number of hydrogen-bond donors (Lipinski definition) is 2. The van der Waals surface area contributed by atoms with E-state index >= 15 is 0 Å². The third-order valence-corrected chi connectivity index (χ3v) is 3.22. The minimum absolute atomic E-state index is 0.0513. The fourth-order valence-corrected chi connectivity index (χ4v) is 2.09. The van der Waals surface area contributed by atoms with E-state index in [4.69, 9.17) is 10.2 Å². The second-order valence-electron chi connectivity index (χ2n) is 5.35. The number of rotatable bonds is 5. The van der Waals surface area contributed by atoms with Crippen molar-refractivity contribution in [3.05, 3.63) is 24.1 Å². The van der Waals surface area contributed by atoms with Crippen molar-refractivity contribution in [2.75, 3.05) is 19.3 Å². The van der Waals surface area contributed by atoms with E-state index in [1.807, 2.05) is 18.0 Å². The molecule has 6 nitrogen and oxygen atoms in total. The van der Waals surface area contributed by atoms with Gasteiger partial charge in [-0.1, -0.05) is 0 Å². The van der Waals surface area contributed by atoms with Crippen LogP contribution in [0.2, 0.25) is 0 Å². The van der Waals surface area contributed by atoms with Gasteiger partial charge in [0.15, 0.2) is 5.58 Å². The Morgan fingerprint density at radius 3 is 3.10 bits per heavy atom. The van der Waals surface area contributed by atoms with Gasteiger partial charge in [-0.05, 0) is 32.0 Å². The molecular weight excluding hydrogens is 256 g/mol. The number of nitrogen functional groups attached to an aromatic ring is 1. The van der Waals surface area contributed by atoms with Crippen molar-refractivity contribution in [1.29, 1.82) is 0 Å². The van der Waals surface area contributed by atoms with Gasteiger partial charge in [-0.2, -0.15) is 0 Å². The third-order valence-electron chi connectivity index (χ3n) is 3.22. The van der Waals surface area contributed by atoms with Gasteiger partial charge in [0.05, 0.1) is 13.1 Å². The second-order valence-corrected chi connectivity index (χ2v) is 5.35. The van der Waals surface area contributed by atoms with Crippen LogP contribution in [0.15, 0.2) is 22.6 Å². The van der Waals surface area contributed by atoms with Crippen LogP contribution in [-0.2, 0) is 11.3 Å². The normalized spacial score (nSPS) is 14.9. The summed E-state index contributed by atoms with van der Waals surface area (Å²) in [4.78, 5) is 18.0. The number of fused-ring (bicyclic) bond motifs is 1. The van der Waals surface area contributed by atoms with E-state index in [1.165, 1.54) is 0 Å². The highest BCUT2D eigenvalue weighted by Crippen LogP contribution is 2.20. The van der Waals surface area contributed by atoms with Gasteiger partial charge >= 0.3 is 0 Å². The Morgan fingerprint density at radius 1 is 1.55 bits per heavy atom. The van der Waals surface area contributed by atoms with Gasteiger partial charge in [-0.15, -0.1) is 0 Å². The first-order valence-electron chi connectivity index (χ1n) is 6.73. The SMILES string of the molecule is CN(CC(=O)NC1CC1)Cc1nc2ccc(N)cc2o1. The smallest absolute Gasteiger partial charge is 0.234 e. The van der Waals surface area contributed by atoms with Crippen molar-refractivity contribution in [2.45, 2.75) is 25.4 Å². The van der Waals surface area contributed by atoms with Gasteiger partial charge in [0.25, 0.3) is 0 Å². The van der Waals surface area contributed by atoms with E-state index in [2.05, 4.69) is 10.3 Å². The highest BCUT2D eigenvalue weighted by atomic mass is 16.3. The van der Waals surface area contributed by atoms with Gasteiger partial charge in [0.1, 0.15) is 5.52 Å². The van der Waals surface area contributed by atoms with Crippen molar-refractivity contribution in [1.82, 2.24) is 15.2 Å². The standard InChI is InChI=1S/C14H18N4O2/c1-18(7-13(19)16-10-3-4-10)8-14-17-11-5-2-9(15)6-12(11)20-14/h2,5-6,10H,3-4,7-8,15H2,1H3,(H,16,19). The fraction of sp³-hybridized carbons (Fsp3) is 0.429. The van der Waals surface area contributed by atoms with Gasteiger partial charge in [0, 0.05) is 17.8 Å². The molecule has 0 atom stereocenters. The summed E-state index contributed by atoms with van der Waals surface area (Å²) >= 11 is 0. The molecule has 2 aromatic rings. The topological polar surface area (TPSA) is 84.4 Å². The molecule has 1 saturated carbocycles. The Kier molecular flexibility index (Phi) is 3.31. The van der Waals surface area contributed by atoms with E-state index in [0.717, 1.165) is 18.4 Å². The van der Waals surface area contributed by atoms with Crippen molar-refractivity contribution in [2.24, 2.45) is 0 Å². The van der Waals surface area contributed by atoms with Crippen molar-refractivity contribution in [3.8, 4) is 0 Å². The summed E-state index contributed by atoms with van der Waals surface area (Å²) in [5, 5.41) is 2.96. The maximum atomic E-state index is 11.7. The molecule has 106 valence electrons. The minimum Gasteiger partial charge on any atom is -0.439 e. The molecule has 1 aromatic carbocycles. The quantitative estimate of drug-likeness (QED) is 0.798. The molecule has 0 unspecified atom stereocenters. The number of nitrogens with two attached hydrogens (primary N) is 1. The number of carbonyl (C=O) groups excluding carboxylic acids is 1. The van der Waals surface area contributed by atoms with Crippen LogP contribution in [0.3, 0.4) is 0 Å². The lowest BCUT2D eigenvalue weighted by Crippen LogP contribution is -2.35. The molecule has 0 radical (unpaired) electrons. The monoisotopic (exact) mass is 274 g/mol. The molecule has 20 heavy (non-hydrogen) atoms. The summed E-state index contributed by atoms with van der Waals surface area (Å²) in [7, 11) is 1.87. The summed E-state index contributed by atoms with van der Waals surface area (Å²) < 4.78 is 5.63. The number of likely N-dealkylation sites (N-methyl/N-ethyl adjacent to an activating group) is 1. The summed E-state index contributed by atoms with van der Waals surface area (Å²) in [6, 6.07) is 5.77. The molecule has 1 aliphatic rings. The summed E-state index contributed by atoms with van der Waals surface area (Å²) in [6.45, 7) is 0.837. The van der Waals surface area contributed by atoms with E-state index in [-0.39, 0.29) is 5.91 Å². The molecule has 1 amide bonds. The Labute approximate surface area is 116 Å². The average molecular weight is 274 g/mol. The van der Waals surface area contributed by atoms with Crippen LogP contribution in [-0.4, -0.2) is 35.4 Å². The van der Waals surface area contributed by atoms with Gasteiger partial charge in [0.2, 0.25) is 11.8 Å². The fourth-order valence-electron chi connectivity index (χ4n) is 2.09. The molecule has 1 aliphatic carbocycles. The van der Waals surface area contributed by atoms with Crippen LogP contribution in [0.25, 0.3) is 11.1 Å². The number of aromatic nitrogens is 1. The van der Waals surface area contributed by atoms with Gasteiger partial charge < -0.3 is 15.5 Å². The lowest BCUT2D eigenvalue weighted by atomic mass is 10.3. The van der Waals surface area contributed by atoms with E-state index in [1.54, 1.807) is 12.1 Å². The summed E-state index contributed by atoms with van der Waals surface area (Å²) in [5.74, 6) is 0.641. The molecule has 0 aliphatic heterocycles. The lowest BCUT2D eigenvalue weighted by molar-refractivity contribution is -0.122. The third kappa shape index (κ3) is 3.08. The van der Waals surface area contributed by atoms with E-state index in [9.17, 15) is 4.79 Å². The molecule has 0 bridgehead atoms. The number of nitrogens with one attached hydrogen (secondary N) is 1. The van der Waals surface area contributed by atoms with Crippen LogP contribution < -0.4 is 11.1 Å². The van der Waals surface area contributed by atoms with Crippen LogP contribution in [0.4, 0.5) is 5.69 Å². The zero-order chi connectivity index (χ0) is 14.1. The Morgan fingerprint density at radius 2 is 2.35 bits per heavy atom. The highest BCUT2D eigenvalue weighted by molar-refractivity contribution is 5.78. The van der Waals surface area contributed by atoms with Gasteiger partial charge in [-0.3, -0.25) is 9.69 Å². The van der Waals surface area contributed by atoms with Crippen molar-refractivity contribution >= 4 is 22.7 Å². The van der Waals surface area contributed by atoms with Crippen LogP contribution in [0.1, 0.15) is 18.7 Å². The number of nitrogens with zero attached hydrogens (tertiary/aromatic N) is 2. The van der Waals surface area contributed by atoms with Crippen LogP contribution in [0.5, 0.6) is 0 Å². The number of amides is 1. The first-order valence-corrected chi connectivity index (χ1v) is 6.73. The molecule has 6 heteroatoms. The summed E-state index contributed by atoms with van der Waals surface area (Å²) in [6.07, 6.45) is 2.20. The molecule has 3 N–H and O–H groups in total. The molecular formula is C14H18N4O2. The van der Waals surface area contributed by atoms with E-state index < -0.39 is 0 Å². The van der Waals surface area contributed by atoms with Crippen molar-refractivity contribution in [3.63, 3.8) is 0 Å². The number of benzene rings is 1. The largest absolute Gasteiger partial charge is 0.439 e. The number of carbonyl (C=O) groups is 1. The summed E-state index contributed by atoms with van der Waals surface area (Å²) in [5.41, 5.74) is 7.81. The minimum atomic E-state index is 0.0513. The number of oxazole rings is 1. The molecule has 0 spiro atoms. The predicted molar refractivity (Wildman–Crippen MR) is 75.9 cm³/mol. The molecule has 3 rings (SSSR count). The second kappa shape index (κ2) is 5.13. The Bertz CT molecular complexity index is 633. The van der Waals surface area contributed by atoms with Crippen LogP contribution in [0, 0.1) is 0 Å². The predicted octanol–water partition coefficient (Wildman–Crippen LogP) is 1.12. The van der Waals surface area contributed by atoms with Gasteiger partial charge in [-0.25, -0.2) is 4.98 Å². The van der Waals surface area contributed by atoms with Crippen LogP contribution >= 0.6 is 0 Å². The molecule has 1 heterocycles. The molecule has 0 saturated heterocycles. The number of hydrogen-bond acceptors (Lipinski definition) is 5. The highest BCUT2D eigenvalue weighted by Gasteiger charge is 2.23. The maximum Gasteiger partial charge on any atom is 0.234 e. The molecule has 1 fully saturated rings. The zero-order valence-electron chi connectivity index (χ0n) is 11.4. The molecule has 1 aromatic heterocycles. The van der Waals surface area contributed by atoms with E-state index in [0.29, 0.717) is 36.3 Å². The first kappa shape index (κ1) is 12.9. The first-order chi connectivity index (χ1) is 9.60. The van der Waals surface area contributed by atoms with Crippen molar-refractivity contribution < 1.29 is 9.21 Å². The zero-order valence-corrected chi connectivity index (χ0v) is 11.4. The Hall–Kier alpha value is -2.08. The maximum absolute atomic E-state index is 11.7. The number of anilines is 1.